The molecular formula is C15H17ClN2O3. The number of aromatic nitrogens is 1. The first kappa shape index (κ1) is 15.5. The predicted molar refractivity (Wildman–Crippen MR) is 80.3 cm³/mol. The predicted octanol–water partition coefficient (Wildman–Crippen LogP) is 3.21. The van der Waals surface area contributed by atoms with Crippen LogP contribution in [0.25, 0.3) is 11.3 Å². The summed E-state index contributed by atoms with van der Waals surface area (Å²) in [7, 11) is 1.72. The Hall–Kier alpha value is -1.85. The van der Waals surface area contributed by atoms with Gasteiger partial charge in [0.25, 0.3) is 0 Å². The van der Waals surface area contributed by atoms with Gasteiger partial charge in [-0.15, -0.1) is 0 Å². The molecule has 0 aliphatic carbocycles. The van der Waals surface area contributed by atoms with Gasteiger partial charge in [0.15, 0.2) is 5.76 Å². The molecule has 5 nitrogen and oxygen atoms in total. The highest BCUT2D eigenvalue weighted by Gasteiger charge is 2.20. The third-order valence-electron chi connectivity index (χ3n) is 3.35. The van der Waals surface area contributed by atoms with Crippen LogP contribution < -0.4 is 0 Å². The molecule has 1 atom stereocenters. The van der Waals surface area contributed by atoms with E-state index in [2.05, 4.69) is 4.98 Å². The molecule has 112 valence electrons. The molecule has 1 unspecified atom stereocenters. The fraction of sp³-hybridized carbons (Fsp3) is 0.333. The van der Waals surface area contributed by atoms with Crippen LogP contribution in [-0.2, 0) is 11.3 Å². The van der Waals surface area contributed by atoms with Crippen LogP contribution in [0.15, 0.2) is 28.7 Å². The average molecular weight is 309 g/mol. The molecule has 1 heterocycles. The summed E-state index contributed by atoms with van der Waals surface area (Å²) in [4.78, 5) is 17.0. The Morgan fingerprint density at radius 3 is 2.62 bits per heavy atom. The second-order valence-electron chi connectivity index (χ2n) is 4.96. The van der Waals surface area contributed by atoms with Crippen molar-refractivity contribution >= 4 is 17.6 Å². The highest BCUT2D eigenvalue weighted by molar-refractivity contribution is 6.30. The van der Waals surface area contributed by atoms with E-state index >= 15 is 0 Å². The SMILES string of the molecule is Cc1nc(CN(C)C(C)C(=O)O)oc1-c1ccc(Cl)cc1. The van der Waals surface area contributed by atoms with Gasteiger partial charge in [0.05, 0.1) is 12.2 Å². The molecule has 0 saturated carbocycles. The van der Waals surface area contributed by atoms with E-state index < -0.39 is 12.0 Å². The van der Waals surface area contributed by atoms with Crippen LogP contribution in [0.1, 0.15) is 18.5 Å². The minimum absolute atomic E-state index is 0.335. The zero-order chi connectivity index (χ0) is 15.6. The Morgan fingerprint density at radius 2 is 2.05 bits per heavy atom. The number of carbonyl (C=O) groups is 1. The van der Waals surface area contributed by atoms with Crippen molar-refractivity contribution in [3.05, 3.63) is 40.9 Å². The Morgan fingerprint density at radius 1 is 1.43 bits per heavy atom. The second kappa shape index (κ2) is 6.28. The molecule has 0 aliphatic rings. The number of aryl methyl sites for hydroxylation is 1. The molecule has 2 aromatic rings. The second-order valence-corrected chi connectivity index (χ2v) is 5.39. The number of hydrogen-bond acceptors (Lipinski definition) is 4. The maximum atomic E-state index is 11.0. The van der Waals surface area contributed by atoms with Crippen molar-refractivity contribution < 1.29 is 14.3 Å². The Balaban J connectivity index is 2.19. The van der Waals surface area contributed by atoms with E-state index in [-0.39, 0.29) is 0 Å². The summed E-state index contributed by atoms with van der Waals surface area (Å²) < 4.78 is 5.75. The zero-order valence-electron chi connectivity index (χ0n) is 12.1. The molecular weight excluding hydrogens is 292 g/mol. The third kappa shape index (κ3) is 3.62. The lowest BCUT2D eigenvalue weighted by Gasteiger charge is -2.18. The van der Waals surface area contributed by atoms with Gasteiger partial charge >= 0.3 is 5.97 Å². The monoisotopic (exact) mass is 308 g/mol. The molecule has 21 heavy (non-hydrogen) atoms. The number of rotatable bonds is 5. The molecule has 1 aromatic carbocycles. The lowest BCUT2D eigenvalue weighted by molar-refractivity contribution is -0.142. The first-order valence-electron chi connectivity index (χ1n) is 6.53. The Labute approximate surface area is 128 Å². The number of oxazole rings is 1. The number of likely N-dealkylation sites (N-methyl/N-ethyl adjacent to an activating group) is 1. The summed E-state index contributed by atoms with van der Waals surface area (Å²) >= 11 is 5.87. The fourth-order valence-corrected chi connectivity index (χ4v) is 2.05. The molecule has 1 aromatic heterocycles. The molecule has 0 saturated heterocycles. The smallest absolute Gasteiger partial charge is 0.320 e. The minimum Gasteiger partial charge on any atom is -0.480 e. The van der Waals surface area contributed by atoms with Crippen LogP contribution in [0, 0.1) is 6.92 Å². The molecule has 1 N–H and O–H groups in total. The van der Waals surface area contributed by atoms with E-state index in [1.165, 1.54) is 0 Å². The van der Waals surface area contributed by atoms with Crippen molar-refractivity contribution in [2.24, 2.45) is 0 Å². The highest BCUT2D eigenvalue weighted by Crippen LogP contribution is 2.26. The number of benzene rings is 1. The quantitative estimate of drug-likeness (QED) is 0.918. The van der Waals surface area contributed by atoms with Crippen molar-refractivity contribution in [1.82, 2.24) is 9.88 Å². The van der Waals surface area contributed by atoms with Gasteiger partial charge in [-0.2, -0.15) is 0 Å². The summed E-state index contributed by atoms with van der Waals surface area (Å²) in [5.74, 6) is 0.296. The number of carboxylic acid groups (broad SMARTS) is 1. The molecule has 0 amide bonds. The normalized spacial score (nSPS) is 12.6. The number of halogens is 1. The van der Waals surface area contributed by atoms with Crippen molar-refractivity contribution in [3.63, 3.8) is 0 Å². The molecule has 2 rings (SSSR count). The average Bonchev–Trinajstić information content (AvgIpc) is 2.79. The standard InChI is InChI=1S/C15H17ClN2O3/c1-9-14(11-4-6-12(16)7-5-11)21-13(17-9)8-18(3)10(2)15(19)20/h4-7,10H,8H2,1-3H3,(H,19,20). The van der Waals surface area contributed by atoms with Crippen molar-refractivity contribution in [2.45, 2.75) is 26.4 Å². The van der Waals surface area contributed by atoms with Gasteiger partial charge < -0.3 is 9.52 Å². The Kier molecular flexibility index (Phi) is 4.65. The van der Waals surface area contributed by atoms with Crippen molar-refractivity contribution in [3.8, 4) is 11.3 Å². The molecule has 0 radical (unpaired) electrons. The Bertz CT molecular complexity index is 637. The summed E-state index contributed by atoms with van der Waals surface area (Å²) in [5.41, 5.74) is 1.66. The summed E-state index contributed by atoms with van der Waals surface area (Å²) in [6.07, 6.45) is 0. The van der Waals surface area contributed by atoms with Crippen LogP contribution in [0.2, 0.25) is 5.02 Å². The molecule has 0 spiro atoms. The molecule has 0 bridgehead atoms. The topological polar surface area (TPSA) is 66.6 Å². The van der Waals surface area contributed by atoms with Crippen LogP contribution in [0.3, 0.4) is 0 Å². The first-order chi connectivity index (χ1) is 9.88. The van der Waals surface area contributed by atoms with E-state index in [0.717, 1.165) is 11.3 Å². The van der Waals surface area contributed by atoms with E-state index in [0.29, 0.717) is 23.2 Å². The molecule has 0 fully saturated rings. The lowest BCUT2D eigenvalue weighted by Crippen LogP contribution is -2.35. The number of aliphatic carboxylic acids is 1. The summed E-state index contributed by atoms with van der Waals surface area (Å²) in [6, 6.07) is 6.71. The van der Waals surface area contributed by atoms with Crippen LogP contribution >= 0.6 is 11.6 Å². The van der Waals surface area contributed by atoms with Crippen LogP contribution in [0.5, 0.6) is 0 Å². The maximum absolute atomic E-state index is 11.0. The maximum Gasteiger partial charge on any atom is 0.320 e. The summed E-state index contributed by atoms with van der Waals surface area (Å²) in [5, 5.41) is 9.65. The third-order valence-corrected chi connectivity index (χ3v) is 3.60. The van der Waals surface area contributed by atoms with Gasteiger partial charge in [0.2, 0.25) is 5.89 Å². The van der Waals surface area contributed by atoms with Crippen molar-refractivity contribution in [1.29, 1.82) is 0 Å². The van der Waals surface area contributed by atoms with Gasteiger partial charge in [-0.1, -0.05) is 11.6 Å². The fourth-order valence-electron chi connectivity index (χ4n) is 1.93. The van der Waals surface area contributed by atoms with E-state index in [9.17, 15) is 4.79 Å². The molecule has 0 aliphatic heterocycles. The molecule has 6 heteroatoms. The van der Waals surface area contributed by atoms with Crippen molar-refractivity contribution in [2.75, 3.05) is 7.05 Å². The van der Waals surface area contributed by atoms with Gasteiger partial charge in [0, 0.05) is 10.6 Å². The largest absolute Gasteiger partial charge is 0.480 e. The number of carboxylic acids is 1. The zero-order valence-corrected chi connectivity index (χ0v) is 12.9. The van der Waals surface area contributed by atoms with E-state index in [4.69, 9.17) is 21.1 Å². The van der Waals surface area contributed by atoms with Gasteiger partial charge in [-0.05, 0) is 45.2 Å². The minimum atomic E-state index is -0.876. The summed E-state index contributed by atoms with van der Waals surface area (Å²) in [6.45, 7) is 3.82. The van der Waals surface area contributed by atoms with Gasteiger partial charge in [-0.3, -0.25) is 9.69 Å². The lowest BCUT2D eigenvalue weighted by atomic mass is 10.1. The number of hydrogen-bond donors (Lipinski definition) is 1. The van der Waals surface area contributed by atoms with Crippen LogP contribution in [0.4, 0.5) is 0 Å². The number of nitrogens with zero attached hydrogens (tertiary/aromatic N) is 2. The van der Waals surface area contributed by atoms with E-state index in [1.54, 1.807) is 31.0 Å². The van der Waals surface area contributed by atoms with Gasteiger partial charge in [0.1, 0.15) is 6.04 Å². The first-order valence-corrected chi connectivity index (χ1v) is 6.91. The van der Waals surface area contributed by atoms with E-state index in [1.807, 2.05) is 19.1 Å². The van der Waals surface area contributed by atoms with Crippen LogP contribution in [-0.4, -0.2) is 34.0 Å². The van der Waals surface area contributed by atoms with Gasteiger partial charge in [-0.25, -0.2) is 4.98 Å². The highest BCUT2D eigenvalue weighted by atomic mass is 35.5.